The van der Waals surface area contributed by atoms with Gasteiger partial charge in [-0.15, -0.1) is 0 Å². The van der Waals surface area contributed by atoms with Crippen molar-refractivity contribution in [2.75, 3.05) is 44.2 Å². The van der Waals surface area contributed by atoms with Crippen molar-refractivity contribution in [2.24, 2.45) is 0 Å². The van der Waals surface area contributed by atoms with Crippen LogP contribution < -0.4 is 10.2 Å². The third-order valence-electron chi connectivity index (χ3n) is 5.21. The van der Waals surface area contributed by atoms with Crippen LogP contribution in [0.15, 0.2) is 42.5 Å². The fourth-order valence-corrected chi connectivity index (χ4v) is 3.59. The van der Waals surface area contributed by atoms with Crippen molar-refractivity contribution < 1.29 is 9.18 Å². The molecule has 7 heteroatoms. The number of nitrogens with one attached hydrogen (secondary N) is 2. The summed E-state index contributed by atoms with van der Waals surface area (Å²) in [5.74, 6) is -0.361. The van der Waals surface area contributed by atoms with Gasteiger partial charge in [-0.3, -0.25) is 14.8 Å². The van der Waals surface area contributed by atoms with Crippen LogP contribution in [-0.4, -0.2) is 60.3 Å². The van der Waals surface area contributed by atoms with Crippen LogP contribution in [0.5, 0.6) is 0 Å². The first-order valence-corrected chi connectivity index (χ1v) is 9.56. The van der Waals surface area contributed by atoms with Gasteiger partial charge in [0.25, 0.3) is 5.91 Å². The Morgan fingerprint density at radius 1 is 1.14 bits per heavy atom. The van der Waals surface area contributed by atoms with Crippen LogP contribution in [0.4, 0.5) is 10.1 Å². The number of rotatable bonds is 5. The first kappa shape index (κ1) is 18.4. The quantitative estimate of drug-likeness (QED) is 0.713. The lowest BCUT2D eigenvalue weighted by Gasteiger charge is -2.36. The molecule has 146 valence electrons. The minimum atomic E-state index is -0.210. The van der Waals surface area contributed by atoms with Gasteiger partial charge in [0, 0.05) is 50.3 Å². The highest BCUT2D eigenvalue weighted by atomic mass is 19.1. The molecule has 2 N–H and O–H groups in total. The van der Waals surface area contributed by atoms with Gasteiger partial charge in [0.1, 0.15) is 5.82 Å². The standard InChI is InChI=1S/C21H24FN5O/c1-15-2-7-19-18(14-15)20(25-24-19)21(28)23-8-9-26-10-12-27(13-11-26)17-5-3-16(22)4-6-17/h2-7,14H,8-13H2,1H3,(H,23,28)(H,24,25). The lowest BCUT2D eigenvalue weighted by atomic mass is 10.1. The van der Waals surface area contributed by atoms with Gasteiger partial charge < -0.3 is 10.2 Å². The van der Waals surface area contributed by atoms with Crippen molar-refractivity contribution in [2.45, 2.75) is 6.92 Å². The number of hydrogen-bond donors (Lipinski definition) is 2. The van der Waals surface area contributed by atoms with Gasteiger partial charge in [0.2, 0.25) is 0 Å². The average Bonchev–Trinajstić information content (AvgIpc) is 3.12. The molecule has 3 aromatic rings. The van der Waals surface area contributed by atoms with Crippen LogP contribution >= 0.6 is 0 Å². The Morgan fingerprint density at radius 3 is 2.64 bits per heavy atom. The highest BCUT2D eigenvalue weighted by Gasteiger charge is 2.18. The molecule has 1 saturated heterocycles. The van der Waals surface area contributed by atoms with Crippen LogP contribution in [0.25, 0.3) is 10.9 Å². The number of aromatic nitrogens is 2. The monoisotopic (exact) mass is 381 g/mol. The second-order valence-corrected chi connectivity index (χ2v) is 7.18. The minimum absolute atomic E-state index is 0.151. The Kier molecular flexibility index (Phi) is 5.25. The van der Waals surface area contributed by atoms with E-state index in [9.17, 15) is 9.18 Å². The molecule has 1 aliphatic rings. The van der Waals surface area contributed by atoms with E-state index in [2.05, 4.69) is 25.3 Å². The Morgan fingerprint density at radius 2 is 1.89 bits per heavy atom. The molecule has 1 fully saturated rings. The van der Waals surface area contributed by atoms with Gasteiger partial charge in [-0.05, 0) is 43.3 Å². The minimum Gasteiger partial charge on any atom is -0.369 e. The lowest BCUT2D eigenvalue weighted by molar-refractivity contribution is 0.0944. The maximum Gasteiger partial charge on any atom is 0.272 e. The predicted molar refractivity (Wildman–Crippen MR) is 108 cm³/mol. The van der Waals surface area contributed by atoms with E-state index in [1.165, 1.54) is 12.1 Å². The highest BCUT2D eigenvalue weighted by Crippen LogP contribution is 2.18. The molecule has 1 aliphatic heterocycles. The van der Waals surface area contributed by atoms with Crippen molar-refractivity contribution in [3.63, 3.8) is 0 Å². The highest BCUT2D eigenvalue weighted by molar-refractivity contribution is 6.04. The number of amides is 1. The Hall–Kier alpha value is -2.93. The van der Waals surface area contributed by atoms with Crippen LogP contribution in [0.1, 0.15) is 16.1 Å². The fourth-order valence-electron chi connectivity index (χ4n) is 3.59. The zero-order chi connectivity index (χ0) is 19.5. The summed E-state index contributed by atoms with van der Waals surface area (Å²) in [5, 5.41) is 10.9. The molecule has 2 aromatic carbocycles. The van der Waals surface area contributed by atoms with Gasteiger partial charge in [0.05, 0.1) is 5.52 Å². The molecule has 1 aromatic heterocycles. The zero-order valence-electron chi connectivity index (χ0n) is 15.9. The van der Waals surface area contributed by atoms with Gasteiger partial charge in [0.15, 0.2) is 5.69 Å². The summed E-state index contributed by atoms with van der Waals surface area (Å²) < 4.78 is 13.1. The van der Waals surface area contributed by atoms with Crippen LogP contribution in [-0.2, 0) is 0 Å². The molecule has 2 heterocycles. The summed E-state index contributed by atoms with van der Waals surface area (Å²) in [6, 6.07) is 12.5. The van der Waals surface area contributed by atoms with Crippen LogP contribution in [0.2, 0.25) is 0 Å². The molecule has 28 heavy (non-hydrogen) atoms. The van der Waals surface area contributed by atoms with Crippen molar-refractivity contribution in [3.8, 4) is 0 Å². The maximum absolute atomic E-state index is 13.1. The number of aromatic amines is 1. The molecule has 4 rings (SSSR count). The number of anilines is 1. The van der Waals surface area contributed by atoms with Crippen molar-refractivity contribution >= 4 is 22.5 Å². The third kappa shape index (κ3) is 3.99. The molecule has 0 atom stereocenters. The smallest absolute Gasteiger partial charge is 0.272 e. The molecular formula is C21H24FN5O. The van der Waals surface area contributed by atoms with E-state index in [1.54, 1.807) is 0 Å². The SMILES string of the molecule is Cc1ccc2[nH]nc(C(=O)NCCN3CCN(c4ccc(F)cc4)CC3)c2c1. The van der Waals surface area contributed by atoms with Crippen molar-refractivity contribution in [1.29, 1.82) is 0 Å². The summed E-state index contributed by atoms with van der Waals surface area (Å²) in [6.45, 7) is 6.99. The van der Waals surface area contributed by atoms with E-state index in [4.69, 9.17) is 0 Å². The van der Waals surface area contributed by atoms with Gasteiger partial charge >= 0.3 is 0 Å². The van der Waals surface area contributed by atoms with E-state index in [-0.39, 0.29) is 11.7 Å². The molecule has 0 spiro atoms. The number of H-pyrrole nitrogens is 1. The number of piperazine rings is 1. The summed E-state index contributed by atoms with van der Waals surface area (Å²) in [7, 11) is 0. The molecule has 0 radical (unpaired) electrons. The van der Waals surface area contributed by atoms with E-state index in [0.29, 0.717) is 12.2 Å². The number of nitrogens with zero attached hydrogens (tertiary/aromatic N) is 3. The first-order valence-electron chi connectivity index (χ1n) is 9.56. The molecule has 0 aliphatic carbocycles. The maximum atomic E-state index is 13.1. The average molecular weight is 381 g/mol. The topological polar surface area (TPSA) is 64.3 Å². The van der Waals surface area contributed by atoms with Gasteiger partial charge in [-0.25, -0.2) is 4.39 Å². The van der Waals surface area contributed by atoms with Crippen molar-refractivity contribution in [3.05, 3.63) is 59.5 Å². The Balaban J connectivity index is 1.26. The van der Waals surface area contributed by atoms with Crippen LogP contribution in [0, 0.1) is 12.7 Å². The summed E-state index contributed by atoms with van der Waals surface area (Å²) in [4.78, 5) is 17.1. The Bertz CT molecular complexity index is 961. The molecule has 6 nitrogen and oxygen atoms in total. The van der Waals surface area contributed by atoms with E-state index in [1.807, 2.05) is 37.3 Å². The number of benzene rings is 2. The van der Waals surface area contributed by atoms with E-state index >= 15 is 0 Å². The van der Waals surface area contributed by atoms with Gasteiger partial charge in [-0.2, -0.15) is 5.10 Å². The number of fused-ring (bicyclic) bond motifs is 1. The number of halogens is 1. The number of aryl methyl sites for hydroxylation is 1. The zero-order valence-corrected chi connectivity index (χ0v) is 15.9. The first-order chi connectivity index (χ1) is 13.6. The fraction of sp³-hybridized carbons (Fsp3) is 0.333. The van der Waals surface area contributed by atoms with Gasteiger partial charge in [-0.1, -0.05) is 11.6 Å². The normalized spacial score (nSPS) is 15.1. The summed E-state index contributed by atoms with van der Waals surface area (Å²) in [6.07, 6.45) is 0. The summed E-state index contributed by atoms with van der Waals surface area (Å²) in [5.41, 5.74) is 3.46. The number of carbonyl (C=O) groups excluding carboxylic acids is 1. The van der Waals surface area contributed by atoms with Crippen molar-refractivity contribution in [1.82, 2.24) is 20.4 Å². The number of carbonyl (C=O) groups is 1. The lowest BCUT2D eigenvalue weighted by Crippen LogP contribution is -2.48. The second-order valence-electron chi connectivity index (χ2n) is 7.18. The second kappa shape index (κ2) is 7.98. The molecule has 0 saturated carbocycles. The largest absolute Gasteiger partial charge is 0.369 e. The molecule has 1 amide bonds. The molecule has 0 bridgehead atoms. The van der Waals surface area contributed by atoms with E-state index in [0.717, 1.165) is 54.9 Å². The molecular weight excluding hydrogens is 357 g/mol. The molecule has 0 unspecified atom stereocenters. The summed E-state index contributed by atoms with van der Waals surface area (Å²) >= 11 is 0. The van der Waals surface area contributed by atoms with E-state index < -0.39 is 0 Å². The predicted octanol–water partition coefficient (Wildman–Crippen LogP) is 2.56. The van der Waals surface area contributed by atoms with Crippen LogP contribution in [0.3, 0.4) is 0 Å². The Labute approximate surface area is 163 Å². The third-order valence-corrected chi connectivity index (χ3v) is 5.21. The number of hydrogen-bond acceptors (Lipinski definition) is 4.